The number of aromatic nitrogens is 3. The number of hydrogen-bond donors (Lipinski definition) is 3. The molecule has 1 unspecified atom stereocenters. The quantitative estimate of drug-likeness (QED) is 0.557. The highest BCUT2D eigenvalue weighted by Crippen LogP contribution is 2.44. The number of nitrogens with one attached hydrogen (secondary N) is 2. The third kappa shape index (κ3) is 3.34. The van der Waals surface area contributed by atoms with Crippen molar-refractivity contribution in [2.24, 2.45) is 5.14 Å². The summed E-state index contributed by atoms with van der Waals surface area (Å²) in [4.78, 5) is 23.5. The van der Waals surface area contributed by atoms with Crippen LogP contribution in [0, 0.1) is 0 Å². The molecule has 2 aliphatic rings. The SMILES string of the molecule is CC(C)N1Nc2cc3cnc(Nc4ccc(S(N)=O)cc4)nc3n2C2(CCCCC2)C1=O. The Morgan fingerprint density at radius 2 is 1.91 bits per heavy atom. The predicted molar refractivity (Wildman–Crippen MR) is 125 cm³/mol. The second-order valence-electron chi connectivity index (χ2n) is 8.76. The molecule has 3 aromatic rings. The summed E-state index contributed by atoms with van der Waals surface area (Å²) in [5, 5.41) is 11.3. The van der Waals surface area contributed by atoms with Crippen molar-refractivity contribution in [3.63, 3.8) is 0 Å². The predicted octanol–water partition coefficient (Wildman–Crippen LogP) is 3.39. The first kappa shape index (κ1) is 20.9. The molecule has 10 heteroatoms. The van der Waals surface area contributed by atoms with E-state index in [1.807, 2.05) is 19.9 Å². The van der Waals surface area contributed by atoms with Crippen LogP contribution in [0.5, 0.6) is 0 Å². The van der Waals surface area contributed by atoms with Gasteiger partial charge < -0.3 is 5.32 Å². The minimum absolute atomic E-state index is 0.0437. The zero-order valence-electron chi connectivity index (χ0n) is 18.2. The van der Waals surface area contributed by atoms with Crippen molar-refractivity contribution >= 4 is 45.4 Å². The molecule has 0 radical (unpaired) electrons. The number of anilines is 3. The Hall–Kier alpha value is -2.98. The molecule has 1 spiro atoms. The highest BCUT2D eigenvalue weighted by atomic mass is 32.2. The van der Waals surface area contributed by atoms with Gasteiger partial charge in [-0.2, -0.15) is 4.98 Å². The minimum atomic E-state index is -1.52. The maximum Gasteiger partial charge on any atom is 0.267 e. The molecule has 32 heavy (non-hydrogen) atoms. The van der Waals surface area contributed by atoms with Crippen molar-refractivity contribution < 1.29 is 9.00 Å². The average Bonchev–Trinajstić information content (AvgIpc) is 3.15. The van der Waals surface area contributed by atoms with Gasteiger partial charge in [0.1, 0.15) is 28.0 Å². The average molecular weight is 454 g/mol. The minimum Gasteiger partial charge on any atom is -0.324 e. The van der Waals surface area contributed by atoms with Crippen molar-refractivity contribution in [1.82, 2.24) is 19.5 Å². The van der Waals surface area contributed by atoms with E-state index in [2.05, 4.69) is 20.3 Å². The molecule has 1 saturated carbocycles. The third-order valence-electron chi connectivity index (χ3n) is 6.36. The first-order chi connectivity index (χ1) is 15.4. The smallest absolute Gasteiger partial charge is 0.267 e. The monoisotopic (exact) mass is 453 g/mol. The molecule has 3 heterocycles. The van der Waals surface area contributed by atoms with Gasteiger partial charge in [0.05, 0.1) is 4.90 Å². The molecular weight excluding hydrogens is 426 g/mol. The molecule has 9 nitrogen and oxygen atoms in total. The van der Waals surface area contributed by atoms with Gasteiger partial charge in [0.15, 0.2) is 0 Å². The van der Waals surface area contributed by atoms with Gasteiger partial charge in [0, 0.05) is 23.3 Å². The molecule has 168 valence electrons. The van der Waals surface area contributed by atoms with Gasteiger partial charge in [-0.25, -0.2) is 14.3 Å². The molecule has 0 saturated heterocycles. The van der Waals surface area contributed by atoms with Gasteiger partial charge in [-0.1, -0.05) is 19.3 Å². The Labute approximate surface area is 189 Å². The van der Waals surface area contributed by atoms with Crippen molar-refractivity contribution in [1.29, 1.82) is 0 Å². The van der Waals surface area contributed by atoms with E-state index in [1.165, 1.54) is 0 Å². The van der Waals surface area contributed by atoms with E-state index >= 15 is 0 Å². The number of fused-ring (bicyclic) bond motifs is 4. The Bertz CT molecular complexity index is 1200. The highest BCUT2D eigenvalue weighted by molar-refractivity contribution is 7.82. The first-order valence-electron chi connectivity index (χ1n) is 10.9. The number of carbonyl (C=O) groups is 1. The summed E-state index contributed by atoms with van der Waals surface area (Å²) in [5.74, 6) is 1.41. The summed E-state index contributed by atoms with van der Waals surface area (Å²) in [6.45, 7) is 4.04. The molecule has 1 aliphatic heterocycles. The number of benzene rings is 1. The van der Waals surface area contributed by atoms with Crippen molar-refractivity contribution in [2.45, 2.75) is 62.4 Å². The lowest BCUT2D eigenvalue weighted by Gasteiger charge is -2.47. The fourth-order valence-electron chi connectivity index (χ4n) is 4.80. The fourth-order valence-corrected chi connectivity index (χ4v) is 5.20. The molecule has 2 aromatic heterocycles. The molecule has 1 aliphatic carbocycles. The molecule has 4 N–H and O–H groups in total. The number of nitrogens with zero attached hydrogens (tertiary/aromatic N) is 4. The topological polar surface area (TPSA) is 118 Å². The normalized spacial score (nSPS) is 18.6. The van der Waals surface area contributed by atoms with Crippen LogP contribution in [0.25, 0.3) is 11.0 Å². The molecule has 1 atom stereocenters. The lowest BCUT2D eigenvalue weighted by atomic mass is 9.79. The summed E-state index contributed by atoms with van der Waals surface area (Å²) in [7, 11) is -1.52. The Balaban J connectivity index is 1.57. The molecule has 5 rings (SSSR count). The van der Waals surface area contributed by atoms with Gasteiger partial charge in [-0.05, 0) is 57.0 Å². The van der Waals surface area contributed by atoms with Crippen LogP contribution in [-0.2, 0) is 21.3 Å². The van der Waals surface area contributed by atoms with Crippen molar-refractivity contribution in [2.75, 3.05) is 10.7 Å². The van der Waals surface area contributed by atoms with Crippen LogP contribution in [0.3, 0.4) is 0 Å². The number of carbonyl (C=O) groups excluding carboxylic acids is 1. The van der Waals surface area contributed by atoms with Crippen molar-refractivity contribution in [3.05, 3.63) is 36.5 Å². The zero-order chi connectivity index (χ0) is 22.5. The lowest BCUT2D eigenvalue weighted by Crippen LogP contribution is -2.59. The van der Waals surface area contributed by atoms with Gasteiger partial charge in [0.25, 0.3) is 5.91 Å². The van der Waals surface area contributed by atoms with Crippen LogP contribution in [0.1, 0.15) is 46.0 Å². The maximum atomic E-state index is 13.7. The Kier molecular flexibility index (Phi) is 5.13. The first-order valence-corrected chi connectivity index (χ1v) is 12.1. The molecule has 1 aromatic carbocycles. The summed E-state index contributed by atoms with van der Waals surface area (Å²) >= 11 is 0. The van der Waals surface area contributed by atoms with Gasteiger partial charge in [-0.15, -0.1) is 0 Å². The Morgan fingerprint density at radius 3 is 2.56 bits per heavy atom. The third-order valence-corrected chi connectivity index (χ3v) is 7.10. The summed E-state index contributed by atoms with van der Waals surface area (Å²) in [6, 6.07) is 9.04. The van der Waals surface area contributed by atoms with Gasteiger partial charge >= 0.3 is 0 Å². The van der Waals surface area contributed by atoms with E-state index in [0.29, 0.717) is 10.8 Å². The van der Waals surface area contributed by atoms with Gasteiger partial charge in [-0.3, -0.25) is 19.8 Å². The van der Waals surface area contributed by atoms with Crippen LogP contribution in [0.15, 0.2) is 41.4 Å². The van der Waals surface area contributed by atoms with Crippen LogP contribution in [-0.4, -0.2) is 35.7 Å². The molecule has 1 amide bonds. The summed E-state index contributed by atoms with van der Waals surface area (Å²) < 4.78 is 13.5. The van der Waals surface area contributed by atoms with Crippen LogP contribution >= 0.6 is 0 Å². The van der Waals surface area contributed by atoms with E-state index in [1.54, 1.807) is 35.5 Å². The maximum absolute atomic E-state index is 13.7. The number of amides is 1. The number of nitrogens with two attached hydrogens (primary N) is 1. The molecule has 0 bridgehead atoms. The fraction of sp³-hybridized carbons (Fsp3) is 0.409. The highest BCUT2D eigenvalue weighted by Gasteiger charge is 2.49. The molecular formula is C22H27N7O2S. The van der Waals surface area contributed by atoms with Gasteiger partial charge in [0.2, 0.25) is 5.95 Å². The second kappa shape index (κ2) is 7.86. The van der Waals surface area contributed by atoms with E-state index in [0.717, 1.165) is 54.6 Å². The van der Waals surface area contributed by atoms with Crippen LogP contribution < -0.4 is 15.9 Å². The molecule has 1 fully saturated rings. The van der Waals surface area contributed by atoms with E-state index in [4.69, 9.17) is 10.1 Å². The largest absolute Gasteiger partial charge is 0.324 e. The zero-order valence-corrected chi connectivity index (χ0v) is 19.0. The number of rotatable bonds is 4. The van der Waals surface area contributed by atoms with Crippen molar-refractivity contribution in [3.8, 4) is 0 Å². The van der Waals surface area contributed by atoms with E-state index in [9.17, 15) is 9.00 Å². The van der Waals surface area contributed by atoms with E-state index in [-0.39, 0.29) is 11.9 Å². The Morgan fingerprint density at radius 1 is 1.19 bits per heavy atom. The lowest BCUT2D eigenvalue weighted by molar-refractivity contribution is -0.144. The second-order valence-corrected chi connectivity index (χ2v) is 9.82. The number of hydrogen-bond acceptors (Lipinski definition) is 6. The summed E-state index contributed by atoms with van der Waals surface area (Å²) in [5.41, 5.74) is 4.19. The standard InChI is InChI=1S/C22H27N7O2S/c1-14(2)29-20(30)22(10-4-3-5-11-22)28-18(27-29)12-15-13-24-21(26-19(15)28)25-16-6-8-17(9-7-16)32(23)31/h6-9,12-14,27H,3-5,10-11,23H2,1-2H3,(H,24,25,26). The van der Waals surface area contributed by atoms with E-state index < -0.39 is 16.5 Å². The summed E-state index contributed by atoms with van der Waals surface area (Å²) in [6.07, 6.45) is 6.56. The number of hydrazine groups is 1. The van der Waals surface area contributed by atoms with Crippen LogP contribution in [0.4, 0.5) is 17.5 Å². The van der Waals surface area contributed by atoms with Crippen LogP contribution in [0.2, 0.25) is 0 Å².